The number of carboxylic acid groups (broad SMARTS) is 1. The van der Waals surface area contributed by atoms with E-state index in [9.17, 15) is 13.2 Å². The summed E-state index contributed by atoms with van der Waals surface area (Å²) in [6.07, 6.45) is 0.349. The van der Waals surface area contributed by atoms with Crippen molar-refractivity contribution in [3.8, 4) is 0 Å². The Kier molecular flexibility index (Phi) is 6.32. The molecule has 0 bridgehead atoms. The fourth-order valence-corrected chi connectivity index (χ4v) is 2.82. The number of nitrogens with zero attached hydrogens (tertiary/aromatic N) is 1. The molecule has 0 atom stereocenters. The molecule has 0 radical (unpaired) electrons. The second kappa shape index (κ2) is 7.53. The number of benzene rings is 1. The van der Waals surface area contributed by atoms with Gasteiger partial charge in [0, 0.05) is 20.1 Å². The van der Waals surface area contributed by atoms with Gasteiger partial charge in [0.25, 0.3) is 10.2 Å². The van der Waals surface area contributed by atoms with Crippen molar-refractivity contribution in [3.05, 3.63) is 35.4 Å². The highest BCUT2D eigenvalue weighted by Crippen LogP contribution is 2.10. The van der Waals surface area contributed by atoms with Gasteiger partial charge in [-0.3, -0.25) is 0 Å². The summed E-state index contributed by atoms with van der Waals surface area (Å²) < 4.78 is 27.7. The van der Waals surface area contributed by atoms with Crippen molar-refractivity contribution in [2.24, 2.45) is 5.92 Å². The third-order valence-electron chi connectivity index (χ3n) is 3.03. The van der Waals surface area contributed by atoms with Crippen LogP contribution in [0.4, 0.5) is 0 Å². The molecule has 0 aliphatic carbocycles. The first-order valence-corrected chi connectivity index (χ1v) is 8.20. The molecular weight excluding hydrogens is 292 g/mol. The molecule has 0 aliphatic heterocycles. The van der Waals surface area contributed by atoms with Gasteiger partial charge in [0.2, 0.25) is 0 Å². The molecule has 0 fully saturated rings. The van der Waals surface area contributed by atoms with Crippen LogP contribution in [0.25, 0.3) is 0 Å². The first kappa shape index (κ1) is 17.6. The Labute approximate surface area is 126 Å². The minimum absolute atomic E-state index is 0.207. The quantitative estimate of drug-likeness (QED) is 0.758. The molecule has 7 heteroatoms. The predicted octanol–water partition coefficient (Wildman–Crippen LogP) is 1.35. The lowest BCUT2D eigenvalue weighted by Gasteiger charge is -2.19. The van der Waals surface area contributed by atoms with Crippen molar-refractivity contribution in [1.82, 2.24) is 9.03 Å². The van der Waals surface area contributed by atoms with Gasteiger partial charge in [-0.2, -0.15) is 12.7 Å². The van der Waals surface area contributed by atoms with Gasteiger partial charge in [0.15, 0.2) is 0 Å². The Hall–Kier alpha value is -1.44. The zero-order valence-corrected chi connectivity index (χ0v) is 13.4. The molecule has 21 heavy (non-hydrogen) atoms. The van der Waals surface area contributed by atoms with E-state index in [-0.39, 0.29) is 18.0 Å². The molecular formula is C14H22N2O4S. The molecule has 0 spiro atoms. The highest BCUT2D eigenvalue weighted by Gasteiger charge is 2.18. The maximum Gasteiger partial charge on any atom is 0.335 e. The van der Waals surface area contributed by atoms with Gasteiger partial charge >= 0.3 is 5.97 Å². The van der Waals surface area contributed by atoms with Crippen molar-refractivity contribution in [3.63, 3.8) is 0 Å². The lowest BCUT2D eigenvalue weighted by atomic mass is 10.1. The predicted molar refractivity (Wildman–Crippen MR) is 81.5 cm³/mol. The van der Waals surface area contributed by atoms with Crippen LogP contribution < -0.4 is 4.72 Å². The number of carboxylic acids is 1. The Morgan fingerprint density at radius 3 is 2.52 bits per heavy atom. The first-order valence-electron chi connectivity index (χ1n) is 6.76. The van der Waals surface area contributed by atoms with E-state index >= 15 is 0 Å². The van der Waals surface area contributed by atoms with Gasteiger partial charge in [0.05, 0.1) is 5.56 Å². The second-order valence-electron chi connectivity index (χ2n) is 5.28. The van der Waals surface area contributed by atoms with Crippen molar-refractivity contribution in [1.29, 1.82) is 0 Å². The van der Waals surface area contributed by atoms with Crippen LogP contribution in [0.5, 0.6) is 0 Å². The van der Waals surface area contributed by atoms with E-state index in [1.807, 2.05) is 13.8 Å². The van der Waals surface area contributed by atoms with Crippen molar-refractivity contribution in [2.45, 2.75) is 20.3 Å². The number of rotatable bonds is 8. The third-order valence-corrected chi connectivity index (χ3v) is 4.56. The van der Waals surface area contributed by atoms with Gasteiger partial charge in [0.1, 0.15) is 0 Å². The van der Waals surface area contributed by atoms with E-state index in [0.29, 0.717) is 18.5 Å². The maximum absolute atomic E-state index is 12.0. The summed E-state index contributed by atoms with van der Waals surface area (Å²) in [6.45, 7) is 4.44. The summed E-state index contributed by atoms with van der Waals surface area (Å²) in [4.78, 5) is 11.1. The molecule has 118 valence electrons. The number of aromatic carboxylic acids is 1. The van der Waals surface area contributed by atoms with Gasteiger partial charge in [-0.25, -0.2) is 9.52 Å². The van der Waals surface area contributed by atoms with Crippen LogP contribution in [0.3, 0.4) is 0 Å². The van der Waals surface area contributed by atoms with E-state index in [1.165, 1.54) is 17.4 Å². The van der Waals surface area contributed by atoms with Crippen LogP contribution in [0.15, 0.2) is 24.3 Å². The van der Waals surface area contributed by atoms with Crippen LogP contribution in [0.1, 0.15) is 29.8 Å². The molecule has 0 aliphatic rings. The normalized spacial score (nSPS) is 12.0. The van der Waals surface area contributed by atoms with Crippen molar-refractivity contribution in [2.75, 3.05) is 20.1 Å². The molecule has 0 aromatic heterocycles. The minimum atomic E-state index is -3.52. The average Bonchev–Trinajstić information content (AvgIpc) is 2.42. The minimum Gasteiger partial charge on any atom is -0.478 e. The molecule has 1 aromatic rings. The molecule has 0 amide bonds. The van der Waals surface area contributed by atoms with Gasteiger partial charge < -0.3 is 5.11 Å². The van der Waals surface area contributed by atoms with E-state index < -0.39 is 16.2 Å². The number of carbonyl (C=O) groups is 1. The van der Waals surface area contributed by atoms with Crippen LogP contribution in [-0.2, 0) is 16.6 Å². The first-order chi connectivity index (χ1) is 9.74. The summed E-state index contributed by atoms with van der Waals surface area (Å²) in [6, 6.07) is 6.61. The zero-order valence-electron chi connectivity index (χ0n) is 12.5. The van der Waals surface area contributed by atoms with E-state index in [2.05, 4.69) is 4.72 Å². The highest BCUT2D eigenvalue weighted by atomic mass is 32.2. The van der Waals surface area contributed by atoms with Crippen molar-refractivity contribution < 1.29 is 18.3 Å². The van der Waals surface area contributed by atoms with Crippen LogP contribution in [-0.4, -0.2) is 43.9 Å². The molecule has 1 aromatic carbocycles. The van der Waals surface area contributed by atoms with Crippen LogP contribution in [0.2, 0.25) is 0 Å². The number of likely N-dealkylation sites (N-methyl/N-ethyl adjacent to an activating group) is 1. The second-order valence-corrected chi connectivity index (χ2v) is 7.14. The number of hydrogen-bond acceptors (Lipinski definition) is 3. The summed E-state index contributed by atoms with van der Waals surface area (Å²) in [5, 5.41) is 9.09. The zero-order chi connectivity index (χ0) is 16.0. The molecule has 1 rings (SSSR count). The van der Waals surface area contributed by atoms with Crippen molar-refractivity contribution >= 4 is 16.2 Å². The fraction of sp³-hybridized carbons (Fsp3) is 0.500. The summed E-state index contributed by atoms with van der Waals surface area (Å²) >= 11 is 0. The van der Waals surface area contributed by atoms with Gasteiger partial charge in [-0.1, -0.05) is 32.0 Å². The SMILES string of the molecule is CC(C)CNS(=O)(=O)N(C)CCc1ccccc1C(=O)O. The van der Waals surface area contributed by atoms with Gasteiger partial charge in [-0.15, -0.1) is 0 Å². The molecule has 2 N–H and O–H groups in total. The maximum atomic E-state index is 12.0. The standard InChI is InChI=1S/C14H22N2O4S/c1-11(2)10-15-21(19,20)16(3)9-8-12-6-4-5-7-13(12)14(17)18/h4-7,11,15H,8-10H2,1-3H3,(H,17,18). The van der Waals surface area contributed by atoms with Crippen LogP contribution in [0, 0.1) is 5.92 Å². The molecule has 0 saturated heterocycles. The van der Waals surface area contributed by atoms with Gasteiger partial charge in [-0.05, 0) is 24.0 Å². The fourth-order valence-electron chi connectivity index (χ4n) is 1.73. The number of nitrogens with one attached hydrogen (secondary N) is 1. The monoisotopic (exact) mass is 314 g/mol. The lowest BCUT2D eigenvalue weighted by Crippen LogP contribution is -2.40. The smallest absolute Gasteiger partial charge is 0.335 e. The molecule has 6 nitrogen and oxygen atoms in total. The van der Waals surface area contributed by atoms with E-state index in [1.54, 1.807) is 18.2 Å². The largest absolute Gasteiger partial charge is 0.478 e. The molecule has 0 unspecified atom stereocenters. The van der Waals surface area contributed by atoms with E-state index in [4.69, 9.17) is 5.11 Å². The molecule has 0 saturated carbocycles. The highest BCUT2D eigenvalue weighted by molar-refractivity contribution is 7.87. The van der Waals surface area contributed by atoms with E-state index in [0.717, 1.165) is 0 Å². The topological polar surface area (TPSA) is 86.7 Å². The Bertz CT molecular complexity index is 584. The summed E-state index contributed by atoms with van der Waals surface area (Å²) in [7, 11) is -2.04. The molecule has 0 heterocycles. The lowest BCUT2D eigenvalue weighted by molar-refractivity contribution is 0.0695. The summed E-state index contributed by atoms with van der Waals surface area (Å²) in [5.74, 6) is -0.782. The Balaban J connectivity index is 2.69. The Morgan fingerprint density at radius 2 is 1.95 bits per heavy atom. The Morgan fingerprint density at radius 1 is 1.33 bits per heavy atom. The third kappa shape index (κ3) is 5.45. The average molecular weight is 314 g/mol. The van der Waals surface area contributed by atoms with Crippen LogP contribution >= 0.6 is 0 Å². The summed E-state index contributed by atoms with van der Waals surface area (Å²) in [5.41, 5.74) is 0.828. The number of hydrogen-bond donors (Lipinski definition) is 2.